The molecular formula is C14H21ClN4O. The van der Waals surface area contributed by atoms with Crippen LogP contribution < -0.4 is 10.6 Å². The monoisotopic (exact) mass is 296 g/mol. The molecule has 0 atom stereocenters. The van der Waals surface area contributed by atoms with Crippen LogP contribution in [-0.2, 0) is 4.79 Å². The first-order chi connectivity index (χ1) is 9.75. The largest absolute Gasteiger partial charge is 0.367 e. The number of aromatic nitrogens is 2. The molecule has 1 aromatic rings. The molecule has 5 nitrogen and oxygen atoms in total. The first-order valence-electron chi connectivity index (χ1n) is 7.22. The minimum absolute atomic E-state index is 0.146. The highest BCUT2D eigenvalue weighted by Crippen LogP contribution is 2.25. The van der Waals surface area contributed by atoms with Crippen LogP contribution >= 0.6 is 11.6 Å². The molecule has 0 saturated heterocycles. The van der Waals surface area contributed by atoms with Crippen LogP contribution in [0, 0.1) is 5.92 Å². The number of nitrogens with one attached hydrogen (secondary N) is 2. The van der Waals surface area contributed by atoms with E-state index in [-0.39, 0.29) is 5.91 Å². The summed E-state index contributed by atoms with van der Waals surface area (Å²) in [5, 5.41) is 6.49. The number of carbonyl (C=O) groups is 1. The van der Waals surface area contributed by atoms with Gasteiger partial charge in [0.25, 0.3) is 0 Å². The third-order valence-electron chi connectivity index (χ3n) is 3.61. The van der Waals surface area contributed by atoms with E-state index in [1.54, 1.807) is 6.20 Å². The summed E-state index contributed by atoms with van der Waals surface area (Å²) in [4.78, 5) is 19.6. The number of halogens is 1. The zero-order valence-corrected chi connectivity index (χ0v) is 12.3. The SMILES string of the molecule is O=C(CC1CCCCC1)NCCNc1ncncc1Cl. The van der Waals surface area contributed by atoms with Crippen molar-refractivity contribution in [3.63, 3.8) is 0 Å². The van der Waals surface area contributed by atoms with Gasteiger partial charge in [0.15, 0.2) is 0 Å². The minimum atomic E-state index is 0.146. The van der Waals surface area contributed by atoms with Gasteiger partial charge in [-0.1, -0.05) is 30.9 Å². The summed E-state index contributed by atoms with van der Waals surface area (Å²) in [6.45, 7) is 1.18. The topological polar surface area (TPSA) is 66.9 Å². The Morgan fingerprint density at radius 3 is 2.85 bits per heavy atom. The number of hydrogen-bond acceptors (Lipinski definition) is 4. The third-order valence-corrected chi connectivity index (χ3v) is 3.88. The lowest BCUT2D eigenvalue weighted by Crippen LogP contribution is -2.30. The molecule has 0 spiro atoms. The van der Waals surface area contributed by atoms with Crippen molar-refractivity contribution in [2.45, 2.75) is 38.5 Å². The molecule has 6 heteroatoms. The minimum Gasteiger partial charge on any atom is -0.367 e. The van der Waals surface area contributed by atoms with E-state index in [0.717, 1.165) is 0 Å². The second-order valence-corrected chi connectivity index (χ2v) is 5.61. The molecule has 0 aliphatic heterocycles. The van der Waals surface area contributed by atoms with Gasteiger partial charge in [-0.3, -0.25) is 4.79 Å². The van der Waals surface area contributed by atoms with Crippen LogP contribution in [0.1, 0.15) is 38.5 Å². The molecule has 2 N–H and O–H groups in total. The Labute approximate surface area is 124 Å². The second kappa shape index (κ2) is 8.04. The summed E-state index contributed by atoms with van der Waals surface area (Å²) in [5.41, 5.74) is 0. The van der Waals surface area contributed by atoms with E-state index in [1.807, 2.05) is 0 Å². The Balaban J connectivity index is 1.60. The Bertz CT molecular complexity index is 435. The molecule has 1 saturated carbocycles. The molecule has 1 aliphatic carbocycles. The van der Waals surface area contributed by atoms with Crippen molar-refractivity contribution in [3.05, 3.63) is 17.5 Å². The van der Waals surface area contributed by atoms with E-state index in [1.165, 1.54) is 38.4 Å². The van der Waals surface area contributed by atoms with Crippen LogP contribution in [0.15, 0.2) is 12.5 Å². The van der Waals surface area contributed by atoms with E-state index in [4.69, 9.17) is 11.6 Å². The highest BCUT2D eigenvalue weighted by Gasteiger charge is 2.16. The molecule has 1 aromatic heterocycles. The molecule has 2 rings (SSSR count). The van der Waals surface area contributed by atoms with Gasteiger partial charge in [0.05, 0.1) is 6.20 Å². The van der Waals surface area contributed by atoms with Gasteiger partial charge in [-0.05, 0) is 18.8 Å². The van der Waals surface area contributed by atoms with Crippen molar-refractivity contribution in [3.8, 4) is 0 Å². The van der Waals surface area contributed by atoms with Crippen molar-refractivity contribution in [2.75, 3.05) is 18.4 Å². The fourth-order valence-corrected chi connectivity index (χ4v) is 2.72. The predicted octanol–water partition coefficient (Wildman–Crippen LogP) is 2.63. The van der Waals surface area contributed by atoms with Gasteiger partial charge in [0.2, 0.25) is 5.91 Å². The van der Waals surface area contributed by atoms with Crippen LogP contribution in [0.5, 0.6) is 0 Å². The summed E-state index contributed by atoms with van der Waals surface area (Å²) in [6, 6.07) is 0. The molecule has 0 aromatic carbocycles. The molecule has 20 heavy (non-hydrogen) atoms. The molecule has 0 radical (unpaired) electrons. The zero-order valence-electron chi connectivity index (χ0n) is 11.6. The summed E-state index contributed by atoms with van der Waals surface area (Å²) in [5.74, 6) is 1.32. The molecule has 110 valence electrons. The molecule has 0 bridgehead atoms. The normalized spacial score (nSPS) is 15.8. The summed E-state index contributed by atoms with van der Waals surface area (Å²) in [6.07, 6.45) is 9.90. The maximum absolute atomic E-state index is 11.8. The Morgan fingerprint density at radius 2 is 2.10 bits per heavy atom. The first-order valence-corrected chi connectivity index (χ1v) is 7.59. The van der Waals surface area contributed by atoms with Crippen LogP contribution in [0.2, 0.25) is 5.02 Å². The van der Waals surface area contributed by atoms with E-state index in [9.17, 15) is 4.79 Å². The highest BCUT2D eigenvalue weighted by atomic mass is 35.5. The maximum atomic E-state index is 11.8. The molecule has 1 fully saturated rings. The van der Waals surface area contributed by atoms with Crippen LogP contribution in [0.4, 0.5) is 5.82 Å². The molecule has 1 aliphatic rings. The highest BCUT2D eigenvalue weighted by molar-refractivity contribution is 6.32. The number of hydrogen-bond donors (Lipinski definition) is 2. The zero-order chi connectivity index (χ0) is 14.2. The number of nitrogens with zero attached hydrogens (tertiary/aromatic N) is 2. The Morgan fingerprint density at radius 1 is 1.30 bits per heavy atom. The quantitative estimate of drug-likeness (QED) is 0.792. The third kappa shape index (κ3) is 4.96. The molecular weight excluding hydrogens is 276 g/mol. The van der Waals surface area contributed by atoms with Crippen molar-refractivity contribution in [2.24, 2.45) is 5.92 Å². The van der Waals surface area contributed by atoms with Gasteiger partial charge < -0.3 is 10.6 Å². The lowest BCUT2D eigenvalue weighted by molar-refractivity contribution is -0.122. The van der Waals surface area contributed by atoms with E-state index < -0.39 is 0 Å². The molecule has 0 unspecified atom stereocenters. The average Bonchev–Trinajstić information content (AvgIpc) is 2.46. The van der Waals surface area contributed by atoms with Crippen molar-refractivity contribution < 1.29 is 4.79 Å². The summed E-state index contributed by atoms with van der Waals surface area (Å²) >= 11 is 5.92. The van der Waals surface area contributed by atoms with Crippen molar-refractivity contribution >= 4 is 23.3 Å². The van der Waals surface area contributed by atoms with Gasteiger partial charge in [-0.15, -0.1) is 0 Å². The summed E-state index contributed by atoms with van der Waals surface area (Å²) < 4.78 is 0. The Hall–Kier alpha value is -1.36. The van der Waals surface area contributed by atoms with Crippen LogP contribution in [-0.4, -0.2) is 29.0 Å². The smallest absolute Gasteiger partial charge is 0.220 e. The van der Waals surface area contributed by atoms with E-state index >= 15 is 0 Å². The lowest BCUT2D eigenvalue weighted by atomic mass is 9.87. The van der Waals surface area contributed by atoms with Gasteiger partial charge in [0, 0.05) is 19.5 Å². The van der Waals surface area contributed by atoms with Crippen LogP contribution in [0.25, 0.3) is 0 Å². The molecule has 1 heterocycles. The summed E-state index contributed by atoms with van der Waals surface area (Å²) in [7, 11) is 0. The maximum Gasteiger partial charge on any atom is 0.220 e. The average molecular weight is 297 g/mol. The molecule has 1 amide bonds. The Kier molecular flexibility index (Phi) is 6.05. The van der Waals surface area contributed by atoms with Gasteiger partial charge in [-0.25, -0.2) is 9.97 Å². The lowest BCUT2D eigenvalue weighted by Gasteiger charge is -2.20. The first kappa shape index (κ1) is 15.0. The van der Waals surface area contributed by atoms with Gasteiger partial charge in [-0.2, -0.15) is 0 Å². The number of amides is 1. The number of rotatable bonds is 6. The fourth-order valence-electron chi connectivity index (χ4n) is 2.55. The predicted molar refractivity (Wildman–Crippen MR) is 79.7 cm³/mol. The van der Waals surface area contributed by atoms with Crippen molar-refractivity contribution in [1.29, 1.82) is 0 Å². The number of carbonyl (C=O) groups excluding carboxylic acids is 1. The van der Waals surface area contributed by atoms with Crippen molar-refractivity contribution in [1.82, 2.24) is 15.3 Å². The number of anilines is 1. The second-order valence-electron chi connectivity index (χ2n) is 5.20. The van der Waals surface area contributed by atoms with Crippen LogP contribution in [0.3, 0.4) is 0 Å². The van der Waals surface area contributed by atoms with Gasteiger partial charge in [0.1, 0.15) is 17.2 Å². The van der Waals surface area contributed by atoms with Gasteiger partial charge >= 0.3 is 0 Å². The van der Waals surface area contributed by atoms with E-state index in [2.05, 4.69) is 20.6 Å². The standard InChI is InChI=1S/C14H21ClN4O/c15-12-9-16-10-19-14(12)18-7-6-17-13(20)8-11-4-2-1-3-5-11/h9-11H,1-8H2,(H,17,20)(H,16,18,19). The van der Waals surface area contributed by atoms with E-state index in [0.29, 0.717) is 36.3 Å². The fraction of sp³-hybridized carbons (Fsp3) is 0.643.